The summed E-state index contributed by atoms with van der Waals surface area (Å²) in [6.45, 7) is 2.08. The van der Waals surface area contributed by atoms with Gasteiger partial charge in [0.2, 0.25) is 5.91 Å². The number of anilines is 1. The number of aromatic nitrogens is 2. The third-order valence-electron chi connectivity index (χ3n) is 3.44. The van der Waals surface area contributed by atoms with Gasteiger partial charge in [0, 0.05) is 31.2 Å². The average molecular weight is 317 g/mol. The van der Waals surface area contributed by atoms with Gasteiger partial charge in [-0.25, -0.2) is 4.98 Å². The van der Waals surface area contributed by atoms with Crippen molar-refractivity contribution in [2.45, 2.75) is 18.2 Å². The molecule has 2 aromatic rings. The van der Waals surface area contributed by atoms with Crippen LogP contribution in [0.15, 0.2) is 17.4 Å². The Morgan fingerprint density at radius 2 is 2.14 bits per heavy atom. The highest BCUT2D eigenvalue weighted by molar-refractivity contribution is 7.99. The summed E-state index contributed by atoms with van der Waals surface area (Å²) in [5.74, 6) is 7.38. The van der Waals surface area contributed by atoms with Crippen LogP contribution in [0.5, 0.6) is 0 Å². The van der Waals surface area contributed by atoms with Crippen LogP contribution in [-0.2, 0) is 11.8 Å². The maximum absolute atomic E-state index is 12.0. The molecule has 6 heteroatoms. The lowest BCUT2D eigenvalue weighted by Gasteiger charge is -2.12. The van der Waals surface area contributed by atoms with Crippen molar-refractivity contribution in [3.8, 4) is 11.8 Å². The molecule has 1 aliphatic rings. The zero-order valence-electron chi connectivity index (χ0n) is 12.1. The first kappa shape index (κ1) is 14.2. The molecule has 0 bridgehead atoms. The number of amides is 1. The molecule has 3 heterocycles. The Hall–Kier alpha value is -1.71. The fourth-order valence-corrected chi connectivity index (χ4v) is 4.57. The minimum atomic E-state index is 0.175. The van der Waals surface area contributed by atoms with Crippen molar-refractivity contribution in [3.63, 3.8) is 0 Å². The number of fused-ring (bicyclic) bond motifs is 1. The highest BCUT2D eigenvalue weighted by atomic mass is 32.2. The molecule has 0 radical (unpaired) electrons. The summed E-state index contributed by atoms with van der Waals surface area (Å²) in [5.41, 5.74) is 2.06. The van der Waals surface area contributed by atoms with Crippen LogP contribution in [-0.4, -0.2) is 28.3 Å². The highest BCUT2D eigenvalue weighted by Gasteiger charge is 2.24. The summed E-state index contributed by atoms with van der Waals surface area (Å²) in [6.07, 6.45) is 4.09. The minimum Gasteiger partial charge on any atom is -0.327 e. The average Bonchev–Trinajstić information content (AvgIpc) is 2.96. The summed E-state index contributed by atoms with van der Waals surface area (Å²) in [6, 6.07) is 0. The van der Waals surface area contributed by atoms with E-state index in [2.05, 4.69) is 23.7 Å². The first-order chi connectivity index (χ1) is 10.1. The van der Waals surface area contributed by atoms with Crippen molar-refractivity contribution in [2.24, 2.45) is 7.05 Å². The van der Waals surface area contributed by atoms with E-state index in [0.29, 0.717) is 6.42 Å². The highest BCUT2D eigenvalue weighted by Crippen LogP contribution is 2.43. The van der Waals surface area contributed by atoms with Crippen molar-refractivity contribution in [1.29, 1.82) is 0 Å². The van der Waals surface area contributed by atoms with Gasteiger partial charge in [-0.2, -0.15) is 0 Å². The molecule has 21 heavy (non-hydrogen) atoms. The normalized spacial score (nSPS) is 14.4. The number of aryl methyl sites for hydroxylation is 1. The number of carbonyl (C=O) groups excluding carboxylic acids is 1. The third-order valence-corrected chi connectivity index (χ3v) is 6.05. The zero-order chi connectivity index (χ0) is 15.0. The minimum absolute atomic E-state index is 0.175. The predicted molar refractivity (Wildman–Crippen MR) is 87.0 cm³/mol. The van der Waals surface area contributed by atoms with Crippen LogP contribution < -0.4 is 4.90 Å². The Morgan fingerprint density at radius 1 is 1.33 bits per heavy atom. The van der Waals surface area contributed by atoms with Crippen LogP contribution in [0, 0.1) is 18.8 Å². The van der Waals surface area contributed by atoms with Crippen LogP contribution in [0.3, 0.4) is 0 Å². The van der Waals surface area contributed by atoms with E-state index in [0.717, 1.165) is 21.3 Å². The van der Waals surface area contributed by atoms with Gasteiger partial charge in [0.05, 0.1) is 17.4 Å². The van der Waals surface area contributed by atoms with E-state index in [9.17, 15) is 4.79 Å². The Morgan fingerprint density at radius 3 is 2.86 bits per heavy atom. The number of rotatable bonds is 0. The van der Waals surface area contributed by atoms with Gasteiger partial charge >= 0.3 is 0 Å². The van der Waals surface area contributed by atoms with Crippen LogP contribution in [0.1, 0.15) is 22.6 Å². The maximum atomic E-state index is 12.0. The van der Waals surface area contributed by atoms with Gasteiger partial charge in [0.25, 0.3) is 0 Å². The fourth-order valence-electron chi connectivity index (χ4n) is 2.11. The molecule has 2 aromatic heterocycles. The van der Waals surface area contributed by atoms with Crippen molar-refractivity contribution in [1.82, 2.24) is 9.55 Å². The summed E-state index contributed by atoms with van der Waals surface area (Å²) >= 11 is 3.35. The number of carbonyl (C=O) groups is 1. The molecule has 1 amide bonds. The smallest absolute Gasteiger partial charge is 0.228 e. The van der Waals surface area contributed by atoms with Gasteiger partial charge in [-0.1, -0.05) is 0 Å². The van der Waals surface area contributed by atoms with Crippen LogP contribution >= 0.6 is 23.1 Å². The molecule has 0 saturated carbocycles. The standard InChI is InChI=1S/C15H15N3OS2/c1-10-12(5-4-11-8-16-9-17(11)2)21-15-14(10)20-7-6-13(19)18(15)3/h8-9H,6-7H2,1-3H3. The second kappa shape index (κ2) is 5.58. The lowest BCUT2D eigenvalue weighted by Crippen LogP contribution is -2.24. The summed E-state index contributed by atoms with van der Waals surface area (Å²) < 4.78 is 1.89. The Kier molecular flexibility index (Phi) is 3.79. The molecule has 3 rings (SSSR count). The number of thiophene rings is 1. The van der Waals surface area contributed by atoms with Crippen molar-refractivity contribution in [3.05, 3.63) is 28.7 Å². The lowest BCUT2D eigenvalue weighted by atomic mass is 10.2. The molecular weight excluding hydrogens is 302 g/mol. The van der Waals surface area contributed by atoms with Gasteiger partial charge in [0.15, 0.2) is 0 Å². The van der Waals surface area contributed by atoms with Crippen molar-refractivity contribution >= 4 is 34.0 Å². The number of imidazole rings is 1. The number of nitrogens with zero attached hydrogens (tertiary/aromatic N) is 3. The predicted octanol–water partition coefficient (Wildman–Crippen LogP) is 2.65. The van der Waals surface area contributed by atoms with E-state index in [4.69, 9.17) is 0 Å². The topological polar surface area (TPSA) is 38.1 Å². The molecule has 0 spiro atoms. The molecule has 0 atom stereocenters. The van der Waals surface area contributed by atoms with E-state index in [1.54, 1.807) is 40.5 Å². The molecule has 0 unspecified atom stereocenters. The lowest BCUT2D eigenvalue weighted by molar-refractivity contribution is -0.117. The first-order valence-corrected chi connectivity index (χ1v) is 8.39. The number of thioether (sulfide) groups is 1. The van der Waals surface area contributed by atoms with E-state index in [-0.39, 0.29) is 5.91 Å². The number of hydrogen-bond donors (Lipinski definition) is 0. The molecule has 0 aliphatic carbocycles. The third kappa shape index (κ3) is 2.59. The first-order valence-electron chi connectivity index (χ1n) is 6.59. The van der Waals surface area contributed by atoms with Crippen molar-refractivity contribution in [2.75, 3.05) is 17.7 Å². The summed E-state index contributed by atoms with van der Waals surface area (Å²) in [7, 11) is 3.77. The van der Waals surface area contributed by atoms with E-state index in [1.165, 1.54) is 10.5 Å². The quantitative estimate of drug-likeness (QED) is 0.701. The molecule has 0 saturated heterocycles. The van der Waals surface area contributed by atoms with Gasteiger partial charge in [0.1, 0.15) is 10.7 Å². The Labute approximate surface area is 132 Å². The summed E-state index contributed by atoms with van der Waals surface area (Å²) in [5, 5.41) is 1.02. The number of hydrogen-bond acceptors (Lipinski definition) is 4. The zero-order valence-corrected chi connectivity index (χ0v) is 13.8. The molecule has 0 N–H and O–H groups in total. The second-order valence-corrected chi connectivity index (χ2v) is 6.99. The SMILES string of the molecule is Cc1c(C#Cc2cncn2C)sc2c1SCCC(=O)N2C. The van der Waals surface area contributed by atoms with Gasteiger partial charge in [-0.15, -0.1) is 23.1 Å². The largest absolute Gasteiger partial charge is 0.327 e. The van der Waals surface area contributed by atoms with Crippen LogP contribution in [0.2, 0.25) is 0 Å². The maximum Gasteiger partial charge on any atom is 0.228 e. The van der Waals surface area contributed by atoms with E-state index < -0.39 is 0 Å². The Balaban J connectivity index is 2.01. The molecule has 0 aromatic carbocycles. The summed E-state index contributed by atoms with van der Waals surface area (Å²) in [4.78, 5) is 20.0. The van der Waals surface area contributed by atoms with E-state index >= 15 is 0 Å². The monoisotopic (exact) mass is 317 g/mol. The molecule has 0 fully saturated rings. The van der Waals surface area contributed by atoms with Gasteiger partial charge in [-0.3, -0.25) is 4.79 Å². The van der Waals surface area contributed by atoms with Crippen molar-refractivity contribution < 1.29 is 4.79 Å². The molecule has 1 aliphatic heterocycles. The molecule has 108 valence electrons. The van der Waals surface area contributed by atoms with Crippen LogP contribution in [0.4, 0.5) is 5.00 Å². The second-order valence-electron chi connectivity index (χ2n) is 4.88. The molecule has 4 nitrogen and oxygen atoms in total. The Bertz CT molecular complexity index is 764. The van der Waals surface area contributed by atoms with E-state index in [1.807, 2.05) is 18.7 Å². The van der Waals surface area contributed by atoms with Crippen LogP contribution in [0.25, 0.3) is 0 Å². The fraction of sp³-hybridized carbons (Fsp3) is 0.333. The molecular formula is C15H15N3OS2. The van der Waals surface area contributed by atoms with Gasteiger partial charge in [-0.05, 0) is 24.3 Å². The van der Waals surface area contributed by atoms with Gasteiger partial charge < -0.3 is 9.47 Å².